The molecule has 1 aliphatic rings. The number of methoxy groups -OCH3 is 1. The standard InChI is InChI=1S/C12H16N4O3/c1-19-12-10(16(17)18)11(14-8-15-12)13-7-6-9-4-2-3-5-9/h4,8H,2-3,5-7H2,1H3,(H,13,14,15). The molecule has 1 aromatic rings. The first-order valence-electron chi connectivity index (χ1n) is 6.17. The zero-order chi connectivity index (χ0) is 13.7. The van der Waals surface area contributed by atoms with Gasteiger partial charge in [-0.1, -0.05) is 11.6 Å². The highest BCUT2D eigenvalue weighted by Gasteiger charge is 2.23. The number of anilines is 1. The first-order chi connectivity index (χ1) is 9.22. The molecule has 0 bridgehead atoms. The van der Waals surface area contributed by atoms with Crippen LogP contribution in [0.15, 0.2) is 18.0 Å². The molecule has 1 aromatic heterocycles. The number of rotatable bonds is 6. The molecular formula is C12H16N4O3. The van der Waals surface area contributed by atoms with Gasteiger partial charge in [-0.3, -0.25) is 10.1 Å². The monoisotopic (exact) mass is 264 g/mol. The number of aromatic nitrogens is 2. The molecule has 0 radical (unpaired) electrons. The van der Waals surface area contributed by atoms with E-state index in [1.54, 1.807) is 0 Å². The van der Waals surface area contributed by atoms with Crippen molar-refractivity contribution in [2.45, 2.75) is 25.7 Å². The van der Waals surface area contributed by atoms with Crippen LogP contribution in [0, 0.1) is 10.1 Å². The van der Waals surface area contributed by atoms with Gasteiger partial charge in [0.15, 0.2) is 0 Å². The normalized spacial score (nSPS) is 14.1. The smallest absolute Gasteiger partial charge is 0.372 e. The van der Waals surface area contributed by atoms with Crippen molar-refractivity contribution in [1.82, 2.24) is 9.97 Å². The minimum atomic E-state index is -0.532. The third kappa shape index (κ3) is 3.18. The second-order valence-corrected chi connectivity index (χ2v) is 4.27. The molecular weight excluding hydrogens is 248 g/mol. The zero-order valence-corrected chi connectivity index (χ0v) is 10.8. The maximum absolute atomic E-state index is 11.0. The largest absolute Gasteiger partial charge is 0.476 e. The van der Waals surface area contributed by atoms with Gasteiger partial charge in [-0.25, -0.2) is 4.98 Å². The van der Waals surface area contributed by atoms with Gasteiger partial charge in [0.2, 0.25) is 5.82 Å². The van der Waals surface area contributed by atoms with Crippen molar-refractivity contribution < 1.29 is 9.66 Å². The van der Waals surface area contributed by atoms with E-state index >= 15 is 0 Å². The van der Waals surface area contributed by atoms with Gasteiger partial charge in [-0.15, -0.1) is 0 Å². The highest BCUT2D eigenvalue weighted by atomic mass is 16.6. The lowest BCUT2D eigenvalue weighted by atomic mass is 10.2. The molecule has 7 nitrogen and oxygen atoms in total. The van der Waals surface area contributed by atoms with Crippen molar-refractivity contribution in [1.29, 1.82) is 0 Å². The Labute approximate surface area is 110 Å². The van der Waals surface area contributed by atoms with Gasteiger partial charge in [-0.2, -0.15) is 4.98 Å². The predicted octanol–water partition coefficient (Wildman–Crippen LogP) is 2.31. The highest BCUT2D eigenvalue weighted by Crippen LogP contribution is 2.30. The number of nitrogens with one attached hydrogen (secondary N) is 1. The molecule has 0 spiro atoms. The second kappa shape index (κ2) is 6.12. The van der Waals surface area contributed by atoms with Gasteiger partial charge < -0.3 is 10.1 Å². The summed E-state index contributed by atoms with van der Waals surface area (Å²) in [5.41, 5.74) is 1.18. The summed E-state index contributed by atoms with van der Waals surface area (Å²) in [5.74, 6) is 0.179. The Morgan fingerprint density at radius 3 is 3.00 bits per heavy atom. The Morgan fingerprint density at radius 1 is 1.53 bits per heavy atom. The van der Waals surface area contributed by atoms with Crippen LogP contribution in [0.1, 0.15) is 25.7 Å². The first-order valence-corrected chi connectivity index (χ1v) is 6.17. The van der Waals surface area contributed by atoms with E-state index in [4.69, 9.17) is 4.74 Å². The quantitative estimate of drug-likeness (QED) is 0.481. The van der Waals surface area contributed by atoms with E-state index in [-0.39, 0.29) is 17.4 Å². The van der Waals surface area contributed by atoms with Crippen molar-refractivity contribution in [2.75, 3.05) is 19.0 Å². The third-order valence-corrected chi connectivity index (χ3v) is 3.04. The molecule has 0 aromatic carbocycles. The maximum atomic E-state index is 11.0. The van der Waals surface area contributed by atoms with E-state index < -0.39 is 4.92 Å². The van der Waals surface area contributed by atoms with Crippen LogP contribution in [0.4, 0.5) is 11.5 Å². The van der Waals surface area contributed by atoms with Crippen LogP contribution in [-0.4, -0.2) is 28.5 Å². The number of allylic oxidation sites excluding steroid dienone is 1. The number of nitrogens with zero attached hydrogens (tertiary/aromatic N) is 3. The summed E-state index contributed by atoms with van der Waals surface area (Å²) in [6.45, 7) is 0.618. The SMILES string of the molecule is COc1ncnc(NCCC2=CCCC2)c1[N+](=O)[O-]. The van der Waals surface area contributed by atoms with Crippen molar-refractivity contribution in [2.24, 2.45) is 0 Å². The van der Waals surface area contributed by atoms with Crippen molar-refractivity contribution >= 4 is 11.5 Å². The van der Waals surface area contributed by atoms with Crippen LogP contribution < -0.4 is 10.1 Å². The van der Waals surface area contributed by atoms with Gasteiger partial charge >= 0.3 is 5.69 Å². The average molecular weight is 264 g/mol. The van der Waals surface area contributed by atoms with Crippen LogP contribution in [0.5, 0.6) is 5.88 Å². The lowest BCUT2D eigenvalue weighted by Crippen LogP contribution is -2.08. The molecule has 0 atom stereocenters. The number of hydrogen-bond acceptors (Lipinski definition) is 6. The van der Waals surface area contributed by atoms with Gasteiger partial charge in [-0.05, 0) is 25.7 Å². The molecule has 2 rings (SSSR count). The van der Waals surface area contributed by atoms with Crippen LogP contribution in [0.3, 0.4) is 0 Å². The van der Waals surface area contributed by atoms with E-state index in [1.807, 2.05) is 0 Å². The minimum absolute atomic E-state index is 0.0254. The molecule has 1 aliphatic carbocycles. The number of nitro groups is 1. The maximum Gasteiger partial charge on any atom is 0.372 e. The second-order valence-electron chi connectivity index (χ2n) is 4.27. The lowest BCUT2D eigenvalue weighted by Gasteiger charge is -2.08. The molecule has 1 N–H and O–H groups in total. The van der Waals surface area contributed by atoms with E-state index in [1.165, 1.54) is 25.4 Å². The van der Waals surface area contributed by atoms with Crippen molar-refractivity contribution in [3.63, 3.8) is 0 Å². The van der Waals surface area contributed by atoms with Crippen molar-refractivity contribution in [3.8, 4) is 5.88 Å². The zero-order valence-electron chi connectivity index (χ0n) is 10.8. The summed E-state index contributed by atoms with van der Waals surface area (Å²) in [5, 5.41) is 14.0. The van der Waals surface area contributed by atoms with E-state index in [2.05, 4.69) is 21.4 Å². The minimum Gasteiger partial charge on any atom is -0.476 e. The molecule has 0 saturated heterocycles. The van der Waals surface area contributed by atoms with Gasteiger partial charge in [0.1, 0.15) is 6.33 Å². The number of hydrogen-bond donors (Lipinski definition) is 1. The molecule has 0 saturated carbocycles. The number of ether oxygens (including phenoxy) is 1. The van der Waals surface area contributed by atoms with Crippen LogP contribution in [0.25, 0.3) is 0 Å². The molecule has 102 valence electrons. The summed E-state index contributed by atoms with van der Waals surface area (Å²) in [7, 11) is 1.35. The topological polar surface area (TPSA) is 90.2 Å². The summed E-state index contributed by atoms with van der Waals surface area (Å²) in [6, 6.07) is 0. The van der Waals surface area contributed by atoms with Gasteiger partial charge in [0.25, 0.3) is 5.88 Å². The predicted molar refractivity (Wildman–Crippen MR) is 70.3 cm³/mol. The Kier molecular flexibility index (Phi) is 4.27. The third-order valence-electron chi connectivity index (χ3n) is 3.04. The molecule has 0 amide bonds. The lowest BCUT2D eigenvalue weighted by molar-refractivity contribution is -0.385. The molecule has 0 fully saturated rings. The Bertz CT molecular complexity index is 502. The molecule has 0 aliphatic heterocycles. The van der Waals surface area contributed by atoms with E-state index in [0.717, 1.165) is 19.3 Å². The molecule has 1 heterocycles. The summed E-state index contributed by atoms with van der Waals surface area (Å²) >= 11 is 0. The molecule has 0 unspecified atom stereocenters. The van der Waals surface area contributed by atoms with Crippen molar-refractivity contribution in [3.05, 3.63) is 28.1 Å². The van der Waals surface area contributed by atoms with Gasteiger partial charge in [0, 0.05) is 6.54 Å². The Hall–Kier alpha value is -2.18. The van der Waals surface area contributed by atoms with E-state index in [9.17, 15) is 10.1 Å². The summed E-state index contributed by atoms with van der Waals surface area (Å²) < 4.78 is 4.88. The van der Waals surface area contributed by atoms with Crippen LogP contribution in [-0.2, 0) is 0 Å². The average Bonchev–Trinajstić information content (AvgIpc) is 2.91. The van der Waals surface area contributed by atoms with Crippen LogP contribution in [0.2, 0.25) is 0 Å². The fourth-order valence-electron chi connectivity index (χ4n) is 2.11. The first kappa shape index (κ1) is 13.3. The Balaban J connectivity index is 2.04. The van der Waals surface area contributed by atoms with E-state index in [0.29, 0.717) is 6.54 Å². The van der Waals surface area contributed by atoms with Crippen LogP contribution >= 0.6 is 0 Å². The summed E-state index contributed by atoms with van der Waals surface area (Å²) in [6.07, 6.45) is 7.83. The molecule has 19 heavy (non-hydrogen) atoms. The Morgan fingerprint density at radius 2 is 2.37 bits per heavy atom. The molecule has 7 heteroatoms. The summed E-state index contributed by atoms with van der Waals surface area (Å²) in [4.78, 5) is 18.1. The fraction of sp³-hybridized carbons (Fsp3) is 0.500. The van der Waals surface area contributed by atoms with Gasteiger partial charge in [0.05, 0.1) is 12.0 Å². The fourth-order valence-corrected chi connectivity index (χ4v) is 2.11. The highest BCUT2D eigenvalue weighted by molar-refractivity contribution is 5.61.